The van der Waals surface area contributed by atoms with Crippen molar-refractivity contribution in [2.75, 3.05) is 33.3 Å². The second-order valence-corrected chi connectivity index (χ2v) is 8.23. The second kappa shape index (κ2) is 8.20. The molecule has 2 saturated heterocycles. The molecular weight excluding hydrogens is 306 g/mol. The molecule has 23 heavy (non-hydrogen) atoms. The fourth-order valence-corrected chi connectivity index (χ4v) is 3.91. The van der Waals surface area contributed by atoms with Crippen LogP contribution in [-0.4, -0.2) is 60.3 Å². The lowest BCUT2D eigenvalue weighted by Gasteiger charge is -2.45. The van der Waals surface area contributed by atoms with Crippen molar-refractivity contribution in [2.24, 2.45) is 5.92 Å². The van der Waals surface area contributed by atoms with E-state index >= 15 is 0 Å². The van der Waals surface area contributed by atoms with Gasteiger partial charge in [-0.15, -0.1) is 0 Å². The summed E-state index contributed by atoms with van der Waals surface area (Å²) >= 11 is 0. The van der Waals surface area contributed by atoms with Crippen molar-refractivity contribution in [3.63, 3.8) is 0 Å². The van der Waals surface area contributed by atoms with E-state index in [4.69, 9.17) is 4.74 Å². The molecule has 2 fully saturated rings. The summed E-state index contributed by atoms with van der Waals surface area (Å²) in [5.74, 6) is 0.752. The minimum Gasteiger partial charge on any atom is -0.375 e. The van der Waals surface area contributed by atoms with Gasteiger partial charge in [-0.25, -0.2) is 0 Å². The van der Waals surface area contributed by atoms with E-state index in [1.54, 1.807) is 0 Å². The van der Waals surface area contributed by atoms with Crippen LogP contribution in [0.15, 0.2) is 0 Å². The molecule has 134 valence electrons. The summed E-state index contributed by atoms with van der Waals surface area (Å²) in [5, 5.41) is 9.87. The van der Waals surface area contributed by atoms with Crippen molar-refractivity contribution in [3.05, 3.63) is 0 Å². The van der Waals surface area contributed by atoms with E-state index in [1.807, 2.05) is 0 Å². The lowest BCUT2D eigenvalue weighted by atomic mass is 9.81. The molecule has 2 aliphatic heterocycles. The van der Waals surface area contributed by atoms with Crippen LogP contribution in [0.5, 0.6) is 0 Å². The molecule has 0 amide bonds. The molecule has 2 atom stereocenters. The van der Waals surface area contributed by atoms with Crippen molar-refractivity contribution < 1.29 is 4.74 Å². The lowest BCUT2D eigenvalue weighted by Crippen LogP contribution is -2.55. The molecule has 0 radical (unpaired) electrons. The molecule has 0 aromatic rings. The normalized spacial score (nSPS) is 31.1. The average molecular weight is 342 g/mol. The monoisotopic (exact) mass is 341 g/mol. The Morgan fingerprint density at radius 3 is 2.65 bits per heavy atom. The topological polar surface area (TPSA) is 39.5 Å². The number of rotatable bonds is 5. The van der Waals surface area contributed by atoms with Crippen LogP contribution in [0.4, 0.5) is 0 Å². The zero-order valence-corrected chi connectivity index (χ0v) is 16.6. The highest BCUT2D eigenvalue weighted by atomic mass is 32.1. The molecule has 0 N–H and O–H groups in total. The smallest absolute Gasteiger partial charge is 0.114 e. The molecule has 0 aromatic carbocycles. The highest BCUT2D eigenvalue weighted by Gasteiger charge is 2.47. The molecule has 2 heterocycles. The van der Waals surface area contributed by atoms with E-state index in [1.165, 1.54) is 12.8 Å². The Morgan fingerprint density at radius 1 is 1.39 bits per heavy atom. The van der Waals surface area contributed by atoms with E-state index in [-0.39, 0.29) is 24.6 Å². The van der Waals surface area contributed by atoms with Crippen LogP contribution in [0.25, 0.3) is 0 Å². The first-order valence-corrected chi connectivity index (χ1v) is 8.78. The summed E-state index contributed by atoms with van der Waals surface area (Å²) < 4.78 is 5.83. The van der Waals surface area contributed by atoms with Gasteiger partial charge < -0.3 is 9.64 Å². The number of ether oxygens (including phenoxy) is 1. The third-order valence-corrected chi connectivity index (χ3v) is 5.39. The van der Waals surface area contributed by atoms with Gasteiger partial charge in [-0.2, -0.15) is 18.8 Å². The highest BCUT2D eigenvalue weighted by Crippen LogP contribution is 2.38. The van der Waals surface area contributed by atoms with E-state index in [0.717, 1.165) is 38.4 Å². The number of hydrogen-bond donors (Lipinski definition) is 0. The number of likely N-dealkylation sites (tertiary alicyclic amines) is 1. The van der Waals surface area contributed by atoms with E-state index in [2.05, 4.69) is 50.6 Å². The Labute approximate surface area is 149 Å². The Kier molecular flexibility index (Phi) is 7.40. The van der Waals surface area contributed by atoms with Gasteiger partial charge in [-0.3, -0.25) is 4.90 Å². The molecule has 2 rings (SSSR count). The quantitative estimate of drug-likeness (QED) is 0.771. The van der Waals surface area contributed by atoms with Crippen LogP contribution in [-0.2, 0) is 4.74 Å². The van der Waals surface area contributed by atoms with Crippen LogP contribution < -0.4 is 0 Å². The van der Waals surface area contributed by atoms with E-state index in [9.17, 15) is 5.26 Å². The van der Waals surface area contributed by atoms with Gasteiger partial charge in [0, 0.05) is 32.0 Å². The third kappa shape index (κ3) is 5.09. The Bertz CT molecular complexity index is 421. The van der Waals surface area contributed by atoms with Crippen LogP contribution in [0.2, 0.25) is 0 Å². The van der Waals surface area contributed by atoms with Crippen molar-refractivity contribution in [3.8, 4) is 6.07 Å². The zero-order valence-electron chi connectivity index (χ0n) is 15.6. The van der Waals surface area contributed by atoms with Gasteiger partial charge in [0.2, 0.25) is 0 Å². The Hall–Kier alpha value is -0.280. The fourth-order valence-electron chi connectivity index (χ4n) is 3.91. The number of nitriles is 1. The van der Waals surface area contributed by atoms with Gasteiger partial charge in [-0.1, -0.05) is 13.8 Å². The summed E-state index contributed by atoms with van der Waals surface area (Å²) in [6.45, 7) is 12.7. The molecule has 2 aliphatic rings. The largest absolute Gasteiger partial charge is 0.375 e. The minimum atomic E-state index is -0.324. The standard InChI is InChI=1S/C18H33N3O.H2S/c1-15(2)6-9-20(5)16-7-10-21(12-16)18(14-19)8-11-22-17(3,4)13-18;/h15-16H,6-13H2,1-5H3;1H2/t16-,18?;/m0./s1. The Morgan fingerprint density at radius 2 is 2.09 bits per heavy atom. The van der Waals surface area contributed by atoms with Gasteiger partial charge >= 0.3 is 0 Å². The molecular formula is C18H35N3OS. The first kappa shape index (κ1) is 20.8. The molecule has 4 nitrogen and oxygen atoms in total. The maximum absolute atomic E-state index is 9.87. The average Bonchev–Trinajstić information content (AvgIpc) is 2.93. The summed E-state index contributed by atoms with van der Waals surface area (Å²) in [6.07, 6.45) is 4.09. The van der Waals surface area contributed by atoms with Gasteiger partial charge in [0.15, 0.2) is 0 Å². The van der Waals surface area contributed by atoms with Crippen LogP contribution in [0, 0.1) is 17.2 Å². The number of nitrogens with zero attached hydrogens (tertiary/aromatic N) is 3. The maximum Gasteiger partial charge on any atom is 0.114 e. The number of hydrogen-bond acceptors (Lipinski definition) is 4. The van der Waals surface area contributed by atoms with E-state index < -0.39 is 0 Å². The Balaban J connectivity index is 0.00000264. The molecule has 5 heteroatoms. The van der Waals surface area contributed by atoms with Gasteiger partial charge in [-0.05, 0) is 46.2 Å². The second-order valence-electron chi connectivity index (χ2n) is 8.23. The molecule has 0 aliphatic carbocycles. The van der Waals surface area contributed by atoms with E-state index in [0.29, 0.717) is 12.6 Å². The third-order valence-electron chi connectivity index (χ3n) is 5.39. The van der Waals surface area contributed by atoms with Crippen molar-refractivity contribution in [1.82, 2.24) is 9.80 Å². The molecule has 0 saturated carbocycles. The van der Waals surface area contributed by atoms with Crippen molar-refractivity contribution in [1.29, 1.82) is 5.26 Å². The van der Waals surface area contributed by atoms with Crippen molar-refractivity contribution in [2.45, 2.75) is 70.6 Å². The van der Waals surface area contributed by atoms with Gasteiger partial charge in [0.1, 0.15) is 5.54 Å². The summed E-state index contributed by atoms with van der Waals surface area (Å²) in [6, 6.07) is 3.24. The highest BCUT2D eigenvalue weighted by molar-refractivity contribution is 7.59. The maximum atomic E-state index is 9.87. The predicted molar refractivity (Wildman–Crippen MR) is 100 cm³/mol. The number of likely N-dealkylation sites (N-methyl/N-ethyl adjacent to an activating group) is 1. The predicted octanol–water partition coefficient (Wildman–Crippen LogP) is 3.00. The molecule has 1 unspecified atom stereocenters. The van der Waals surface area contributed by atoms with Crippen LogP contribution in [0.3, 0.4) is 0 Å². The van der Waals surface area contributed by atoms with Crippen LogP contribution in [0.1, 0.15) is 53.4 Å². The lowest BCUT2D eigenvalue weighted by molar-refractivity contribution is -0.100. The van der Waals surface area contributed by atoms with Crippen LogP contribution >= 0.6 is 13.5 Å². The first-order chi connectivity index (χ1) is 10.3. The fraction of sp³-hybridized carbons (Fsp3) is 0.944. The minimum absolute atomic E-state index is 0. The van der Waals surface area contributed by atoms with Gasteiger partial charge in [0.25, 0.3) is 0 Å². The molecule has 0 bridgehead atoms. The molecule has 0 aromatic heterocycles. The van der Waals surface area contributed by atoms with Crippen molar-refractivity contribution >= 4 is 13.5 Å². The first-order valence-electron chi connectivity index (χ1n) is 8.78. The zero-order chi connectivity index (χ0) is 16.4. The van der Waals surface area contributed by atoms with Gasteiger partial charge in [0.05, 0.1) is 18.3 Å². The summed E-state index contributed by atoms with van der Waals surface area (Å²) in [5.41, 5.74) is -0.509. The summed E-state index contributed by atoms with van der Waals surface area (Å²) in [4.78, 5) is 4.93. The molecule has 0 spiro atoms. The summed E-state index contributed by atoms with van der Waals surface area (Å²) in [7, 11) is 2.24. The SMILES string of the molecule is CC(C)CCN(C)[C@H]1CCN(C2(C#N)CCOC(C)(C)C2)C1.S.